The third-order valence-electron chi connectivity index (χ3n) is 2.80. The van der Waals surface area contributed by atoms with Crippen molar-refractivity contribution in [3.63, 3.8) is 0 Å². The van der Waals surface area contributed by atoms with Gasteiger partial charge >= 0.3 is 0 Å². The summed E-state index contributed by atoms with van der Waals surface area (Å²) in [4.78, 5) is 13.6. The van der Waals surface area contributed by atoms with Crippen molar-refractivity contribution in [3.8, 4) is 0 Å². The van der Waals surface area contributed by atoms with Crippen LogP contribution in [0, 0.1) is 5.92 Å². The molecule has 1 fully saturated rings. The molecule has 2 nitrogen and oxygen atoms in total. The number of carbonyl (C=O) groups excluding carboxylic acids is 1. The summed E-state index contributed by atoms with van der Waals surface area (Å²) in [5.41, 5.74) is 0. The van der Waals surface area contributed by atoms with Crippen LogP contribution < -0.4 is 0 Å². The monoisotopic (exact) mass is 261 g/mol. The normalized spacial score (nSPS) is 22.0. The van der Waals surface area contributed by atoms with E-state index in [4.69, 9.17) is 0 Å². The van der Waals surface area contributed by atoms with E-state index in [1.165, 1.54) is 19.3 Å². The molecule has 1 rings (SSSR count). The second-order valence-electron chi connectivity index (χ2n) is 4.09. The van der Waals surface area contributed by atoms with E-state index in [2.05, 4.69) is 22.9 Å². The summed E-state index contributed by atoms with van der Waals surface area (Å²) < 4.78 is 0. The van der Waals surface area contributed by atoms with Crippen LogP contribution in [0.15, 0.2) is 0 Å². The molecule has 1 amide bonds. The van der Waals surface area contributed by atoms with Gasteiger partial charge in [0, 0.05) is 24.8 Å². The zero-order valence-electron chi connectivity index (χ0n) is 8.97. The Balaban J connectivity index is 2.22. The van der Waals surface area contributed by atoms with Crippen LogP contribution in [0.2, 0.25) is 0 Å². The third-order valence-corrected chi connectivity index (χ3v) is 3.36. The van der Waals surface area contributed by atoms with Crippen molar-refractivity contribution in [2.75, 3.05) is 18.4 Å². The van der Waals surface area contributed by atoms with E-state index in [-0.39, 0.29) is 0 Å². The van der Waals surface area contributed by atoms with Crippen molar-refractivity contribution in [2.24, 2.45) is 5.92 Å². The molecule has 3 heteroatoms. The molecule has 0 saturated carbocycles. The maximum Gasteiger partial charge on any atom is 0.222 e. The number of unbranched alkanes of at least 4 members (excludes halogenated alkanes) is 1. The van der Waals surface area contributed by atoms with Crippen LogP contribution in [-0.2, 0) is 4.79 Å². The number of nitrogens with zero attached hydrogens (tertiary/aromatic N) is 1. The Labute approximate surface area is 95.2 Å². The number of amides is 1. The van der Waals surface area contributed by atoms with Crippen LogP contribution in [0.25, 0.3) is 0 Å². The van der Waals surface area contributed by atoms with Crippen molar-refractivity contribution in [2.45, 2.75) is 39.0 Å². The Morgan fingerprint density at radius 1 is 1.50 bits per heavy atom. The summed E-state index contributed by atoms with van der Waals surface area (Å²) >= 11 is 3.41. The molecule has 14 heavy (non-hydrogen) atoms. The van der Waals surface area contributed by atoms with Gasteiger partial charge in [0.1, 0.15) is 0 Å². The predicted octanol–water partition coefficient (Wildman–Crippen LogP) is 2.81. The Bertz CT molecular complexity index is 184. The topological polar surface area (TPSA) is 20.3 Å². The van der Waals surface area contributed by atoms with Crippen LogP contribution in [0.1, 0.15) is 39.0 Å². The number of carbonyl (C=O) groups is 1. The highest BCUT2D eigenvalue weighted by atomic mass is 79.9. The average Bonchev–Trinajstić information content (AvgIpc) is 2.48. The average molecular weight is 262 g/mol. The molecule has 1 aliphatic heterocycles. The fraction of sp³-hybridized carbons (Fsp3) is 0.909. The highest BCUT2D eigenvalue weighted by Gasteiger charge is 2.27. The standard InChI is InChI=1S/C11H20BrNO/c1-2-5-10-8-11(14)13(9-10)7-4-3-6-12/h10H,2-9H2,1H3. The van der Waals surface area contributed by atoms with E-state index in [0.717, 1.165) is 31.3 Å². The number of rotatable bonds is 6. The fourth-order valence-corrected chi connectivity index (χ4v) is 2.47. The molecular formula is C11H20BrNO. The second-order valence-corrected chi connectivity index (χ2v) is 4.89. The molecule has 82 valence electrons. The molecule has 0 aromatic heterocycles. The molecule has 1 atom stereocenters. The van der Waals surface area contributed by atoms with Crippen molar-refractivity contribution < 1.29 is 4.79 Å². The van der Waals surface area contributed by atoms with Crippen molar-refractivity contribution >= 4 is 21.8 Å². The minimum Gasteiger partial charge on any atom is -0.342 e. The van der Waals surface area contributed by atoms with E-state index in [1.54, 1.807) is 0 Å². The van der Waals surface area contributed by atoms with Gasteiger partial charge in [-0.3, -0.25) is 4.79 Å². The van der Waals surface area contributed by atoms with E-state index in [0.29, 0.717) is 11.8 Å². The smallest absolute Gasteiger partial charge is 0.222 e. The first-order valence-electron chi connectivity index (χ1n) is 5.61. The fourth-order valence-electron chi connectivity index (χ4n) is 2.07. The maximum absolute atomic E-state index is 11.6. The van der Waals surface area contributed by atoms with Crippen molar-refractivity contribution in [1.82, 2.24) is 4.90 Å². The lowest BCUT2D eigenvalue weighted by atomic mass is 10.0. The Kier molecular flexibility index (Phi) is 5.53. The van der Waals surface area contributed by atoms with E-state index in [9.17, 15) is 4.79 Å². The number of hydrogen-bond acceptors (Lipinski definition) is 1. The lowest BCUT2D eigenvalue weighted by Crippen LogP contribution is -2.26. The highest BCUT2D eigenvalue weighted by Crippen LogP contribution is 2.22. The van der Waals surface area contributed by atoms with Crippen LogP contribution in [-0.4, -0.2) is 29.2 Å². The van der Waals surface area contributed by atoms with Gasteiger partial charge in [0.2, 0.25) is 5.91 Å². The molecule has 0 aliphatic carbocycles. The molecule has 0 spiro atoms. The lowest BCUT2D eigenvalue weighted by molar-refractivity contribution is -0.127. The summed E-state index contributed by atoms with van der Waals surface area (Å²) in [5, 5.41) is 1.05. The molecule has 0 radical (unpaired) electrons. The van der Waals surface area contributed by atoms with Gasteiger partial charge in [-0.15, -0.1) is 0 Å². The van der Waals surface area contributed by atoms with Crippen molar-refractivity contribution in [1.29, 1.82) is 0 Å². The van der Waals surface area contributed by atoms with Gasteiger partial charge in [-0.05, 0) is 25.2 Å². The highest BCUT2D eigenvalue weighted by molar-refractivity contribution is 9.09. The van der Waals surface area contributed by atoms with Gasteiger partial charge in [-0.1, -0.05) is 29.3 Å². The van der Waals surface area contributed by atoms with E-state index in [1.807, 2.05) is 4.90 Å². The summed E-state index contributed by atoms with van der Waals surface area (Å²) in [6.45, 7) is 4.16. The molecule has 1 heterocycles. The van der Waals surface area contributed by atoms with Gasteiger partial charge < -0.3 is 4.90 Å². The van der Waals surface area contributed by atoms with Crippen LogP contribution >= 0.6 is 15.9 Å². The first-order chi connectivity index (χ1) is 6.77. The van der Waals surface area contributed by atoms with Gasteiger partial charge in [-0.2, -0.15) is 0 Å². The molecule has 1 aliphatic rings. The molecule has 0 aromatic rings. The summed E-state index contributed by atoms with van der Waals surface area (Å²) in [6.07, 6.45) is 5.51. The summed E-state index contributed by atoms with van der Waals surface area (Å²) in [6, 6.07) is 0. The van der Waals surface area contributed by atoms with Gasteiger partial charge in [0.25, 0.3) is 0 Å². The molecular weight excluding hydrogens is 242 g/mol. The van der Waals surface area contributed by atoms with Crippen LogP contribution in [0.4, 0.5) is 0 Å². The Hall–Kier alpha value is -0.0500. The number of halogens is 1. The zero-order valence-corrected chi connectivity index (χ0v) is 10.6. The molecule has 0 N–H and O–H groups in total. The predicted molar refractivity (Wildman–Crippen MR) is 62.6 cm³/mol. The number of alkyl halides is 1. The molecule has 0 bridgehead atoms. The first kappa shape index (κ1) is 12.0. The SMILES string of the molecule is CCCC1CC(=O)N(CCCCBr)C1. The van der Waals surface area contributed by atoms with Crippen LogP contribution in [0.5, 0.6) is 0 Å². The minimum absolute atomic E-state index is 0.373. The van der Waals surface area contributed by atoms with Gasteiger partial charge in [0.05, 0.1) is 0 Å². The van der Waals surface area contributed by atoms with Gasteiger partial charge in [-0.25, -0.2) is 0 Å². The van der Waals surface area contributed by atoms with Crippen molar-refractivity contribution in [3.05, 3.63) is 0 Å². The quantitative estimate of drug-likeness (QED) is 0.532. The first-order valence-corrected chi connectivity index (χ1v) is 6.73. The van der Waals surface area contributed by atoms with E-state index < -0.39 is 0 Å². The lowest BCUT2D eigenvalue weighted by Gasteiger charge is -2.15. The van der Waals surface area contributed by atoms with E-state index >= 15 is 0 Å². The maximum atomic E-state index is 11.6. The molecule has 1 unspecified atom stereocenters. The van der Waals surface area contributed by atoms with Gasteiger partial charge in [0.15, 0.2) is 0 Å². The summed E-state index contributed by atoms with van der Waals surface area (Å²) in [7, 11) is 0. The number of likely N-dealkylation sites (tertiary alicyclic amines) is 1. The number of hydrogen-bond donors (Lipinski definition) is 0. The third kappa shape index (κ3) is 3.60. The Morgan fingerprint density at radius 3 is 2.93 bits per heavy atom. The minimum atomic E-state index is 0.373. The summed E-state index contributed by atoms with van der Waals surface area (Å²) in [5.74, 6) is 1.01. The Morgan fingerprint density at radius 2 is 2.29 bits per heavy atom. The molecule has 1 saturated heterocycles. The second kappa shape index (κ2) is 6.44. The largest absolute Gasteiger partial charge is 0.342 e. The zero-order chi connectivity index (χ0) is 10.4. The van der Waals surface area contributed by atoms with Crippen LogP contribution in [0.3, 0.4) is 0 Å². The molecule has 0 aromatic carbocycles.